The highest BCUT2D eigenvalue weighted by Gasteiger charge is 2.06. The smallest absolute Gasteiger partial charge is 0.0950 e. The number of rotatable bonds is 4. The molecule has 84 valence electrons. The van der Waals surface area contributed by atoms with Crippen LogP contribution in [0.1, 0.15) is 24.1 Å². The number of nitrogens with one attached hydrogen (secondary N) is 1. The van der Waals surface area contributed by atoms with Crippen molar-refractivity contribution < 1.29 is 4.42 Å². The third-order valence-corrected chi connectivity index (χ3v) is 2.97. The van der Waals surface area contributed by atoms with Crippen LogP contribution in [0.5, 0.6) is 0 Å². The van der Waals surface area contributed by atoms with Crippen LogP contribution in [0, 0.1) is 0 Å². The minimum absolute atomic E-state index is 0.259. The molecule has 0 spiro atoms. The molecule has 0 amide bonds. The number of furan rings is 1. The molecule has 2 rings (SSSR count). The molecule has 2 aromatic rings. The van der Waals surface area contributed by atoms with Crippen molar-refractivity contribution >= 4 is 11.6 Å². The number of hydrogen-bond donors (Lipinski definition) is 1. The zero-order chi connectivity index (χ0) is 11.4. The molecule has 1 aromatic heterocycles. The molecule has 2 nitrogen and oxygen atoms in total. The highest BCUT2D eigenvalue weighted by atomic mass is 35.5. The lowest BCUT2D eigenvalue weighted by Crippen LogP contribution is -2.17. The molecule has 0 fully saturated rings. The molecular formula is C13H14ClNO. The Labute approximate surface area is 100 Å². The van der Waals surface area contributed by atoms with Crippen LogP contribution >= 0.6 is 11.6 Å². The lowest BCUT2D eigenvalue weighted by Gasteiger charge is -2.12. The molecule has 0 aliphatic carbocycles. The Kier molecular flexibility index (Phi) is 3.65. The van der Waals surface area contributed by atoms with Gasteiger partial charge in [0.1, 0.15) is 0 Å². The average Bonchev–Trinajstić information content (AvgIpc) is 2.81. The van der Waals surface area contributed by atoms with Crippen LogP contribution in [-0.2, 0) is 6.54 Å². The summed E-state index contributed by atoms with van der Waals surface area (Å²) < 4.78 is 5.05. The second-order valence-electron chi connectivity index (χ2n) is 3.75. The van der Waals surface area contributed by atoms with E-state index in [-0.39, 0.29) is 6.04 Å². The van der Waals surface area contributed by atoms with Crippen LogP contribution in [0.2, 0.25) is 5.02 Å². The number of halogens is 1. The highest BCUT2D eigenvalue weighted by Crippen LogP contribution is 2.17. The van der Waals surface area contributed by atoms with Crippen molar-refractivity contribution in [2.24, 2.45) is 0 Å². The molecule has 1 aromatic carbocycles. The van der Waals surface area contributed by atoms with Crippen molar-refractivity contribution in [3.63, 3.8) is 0 Å². The first-order valence-corrected chi connectivity index (χ1v) is 5.64. The molecule has 0 aliphatic heterocycles. The summed E-state index contributed by atoms with van der Waals surface area (Å²) in [5, 5.41) is 4.20. The molecule has 1 unspecified atom stereocenters. The number of benzene rings is 1. The van der Waals surface area contributed by atoms with Gasteiger partial charge in [0.2, 0.25) is 0 Å². The van der Waals surface area contributed by atoms with E-state index >= 15 is 0 Å². The van der Waals surface area contributed by atoms with Crippen molar-refractivity contribution in [2.75, 3.05) is 0 Å². The monoisotopic (exact) mass is 235 g/mol. The van der Waals surface area contributed by atoms with Gasteiger partial charge in [-0.05, 0) is 24.6 Å². The largest absolute Gasteiger partial charge is 0.472 e. The van der Waals surface area contributed by atoms with E-state index in [0.717, 1.165) is 22.7 Å². The van der Waals surface area contributed by atoms with Gasteiger partial charge in [0, 0.05) is 23.2 Å². The van der Waals surface area contributed by atoms with Crippen LogP contribution in [0.4, 0.5) is 0 Å². The van der Waals surface area contributed by atoms with E-state index in [1.807, 2.05) is 30.3 Å². The Hall–Kier alpha value is -1.25. The lowest BCUT2D eigenvalue weighted by molar-refractivity contribution is 0.538. The third kappa shape index (κ3) is 2.65. The normalized spacial score (nSPS) is 12.6. The predicted molar refractivity (Wildman–Crippen MR) is 65.4 cm³/mol. The molecule has 1 atom stereocenters. The minimum Gasteiger partial charge on any atom is -0.472 e. The summed E-state index contributed by atoms with van der Waals surface area (Å²) in [6.07, 6.45) is 3.44. The van der Waals surface area contributed by atoms with Crippen LogP contribution in [-0.4, -0.2) is 0 Å². The van der Waals surface area contributed by atoms with Crippen LogP contribution in [0.25, 0.3) is 0 Å². The van der Waals surface area contributed by atoms with Crippen molar-refractivity contribution in [2.45, 2.75) is 19.5 Å². The van der Waals surface area contributed by atoms with Crippen molar-refractivity contribution in [1.29, 1.82) is 0 Å². The van der Waals surface area contributed by atoms with Gasteiger partial charge in [-0.25, -0.2) is 0 Å². The zero-order valence-electron chi connectivity index (χ0n) is 9.11. The fraction of sp³-hybridized carbons (Fsp3) is 0.231. The van der Waals surface area contributed by atoms with E-state index in [2.05, 4.69) is 12.2 Å². The number of hydrogen-bond acceptors (Lipinski definition) is 2. The van der Waals surface area contributed by atoms with Gasteiger partial charge in [-0.1, -0.05) is 29.8 Å². The van der Waals surface area contributed by atoms with Crippen LogP contribution < -0.4 is 5.32 Å². The van der Waals surface area contributed by atoms with Crippen molar-refractivity contribution in [3.8, 4) is 0 Å². The van der Waals surface area contributed by atoms with E-state index in [4.69, 9.17) is 16.0 Å². The fourth-order valence-corrected chi connectivity index (χ4v) is 1.75. The summed E-state index contributed by atoms with van der Waals surface area (Å²) in [5.41, 5.74) is 2.26. The Morgan fingerprint density at radius 3 is 2.81 bits per heavy atom. The van der Waals surface area contributed by atoms with Crippen LogP contribution in [0.15, 0.2) is 47.3 Å². The molecule has 1 heterocycles. The van der Waals surface area contributed by atoms with Gasteiger partial charge in [0.05, 0.1) is 12.5 Å². The highest BCUT2D eigenvalue weighted by molar-refractivity contribution is 6.31. The summed E-state index contributed by atoms with van der Waals surface area (Å²) in [4.78, 5) is 0. The van der Waals surface area contributed by atoms with Crippen LogP contribution in [0.3, 0.4) is 0 Å². The van der Waals surface area contributed by atoms with Gasteiger partial charge < -0.3 is 9.73 Å². The second-order valence-corrected chi connectivity index (χ2v) is 4.16. The second kappa shape index (κ2) is 5.19. The molecular weight excluding hydrogens is 222 g/mol. The standard InChI is InChI=1S/C13H14ClNO/c1-10(12-6-7-16-9-12)15-8-11-4-2-3-5-13(11)14/h2-7,9-10,15H,8H2,1H3. The molecule has 0 aliphatic rings. The summed E-state index contributed by atoms with van der Waals surface area (Å²) in [6.45, 7) is 2.85. The molecule has 0 saturated carbocycles. The van der Waals surface area contributed by atoms with E-state index in [1.54, 1.807) is 12.5 Å². The van der Waals surface area contributed by atoms with E-state index in [0.29, 0.717) is 0 Å². The average molecular weight is 236 g/mol. The first-order chi connectivity index (χ1) is 7.77. The van der Waals surface area contributed by atoms with E-state index in [9.17, 15) is 0 Å². The Bertz CT molecular complexity index is 439. The Morgan fingerprint density at radius 2 is 2.12 bits per heavy atom. The summed E-state index contributed by atoms with van der Waals surface area (Å²) in [6, 6.07) is 10.1. The lowest BCUT2D eigenvalue weighted by atomic mass is 10.1. The summed E-state index contributed by atoms with van der Waals surface area (Å²) >= 11 is 6.07. The van der Waals surface area contributed by atoms with Gasteiger partial charge in [-0.15, -0.1) is 0 Å². The zero-order valence-corrected chi connectivity index (χ0v) is 9.87. The molecule has 3 heteroatoms. The molecule has 0 radical (unpaired) electrons. The summed E-state index contributed by atoms with van der Waals surface area (Å²) in [5.74, 6) is 0. The van der Waals surface area contributed by atoms with Gasteiger partial charge in [0.25, 0.3) is 0 Å². The fourth-order valence-electron chi connectivity index (χ4n) is 1.54. The van der Waals surface area contributed by atoms with Gasteiger partial charge in [-0.3, -0.25) is 0 Å². The Morgan fingerprint density at radius 1 is 1.31 bits per heavy atom. The Balaban J connectivity index is 1.95. The first-order valence-electron chi connectivity index (χ1n) is 5.26. The molecule has 16 heavy (non-hydrogen) atoms. The maximum atomic E-state index is 6.07. The third-order valence-electron chi connectivity index (χ3n) is 2.60. The maximum absolute atomic E-state index is 6.07. The van der Waals surface area contributed by atoms with Crippen molar-refractivity contribution in [3.05, 3.63) is 59.0 Å². The predicted octanol–water partition coefficient (Wildman–Crippen LogP) is 3.78. The van der Waals surface area contributed by atoms with Crippen molar-refractivity contribution in [1.82, 2.24) is 5.32 Å². The van der Waals surface area contributed by atoms with Gasteiger partial charge >= 0.3 is 0 Å². The van der Waals surface area contributed by atoms with E-state index < -0.39 is 0 Å². The summed E-state index contributed by atoms with van der Waals surface area (Å²) in [7, 11) is 0. The maximum Gasteiger partial charge on any atom is 0.0950 e. The van der Waals surface area contributed by atoms with E-state index in [1.165, 1.54) is 0 Å². The SMILES string of the molecule is CC(NCc1ccccc1Cl)c1ccoc1. The minimum atomic E-state index is 0.259. The molecule has 1 N–H and O–H groups in total. The quantitative estimate of drug-likeness (QED) is 0.873. The first kappa shape index (κ1) is 11.2. The molecule has 0 bridgehead atoms. The van der Waals surface area contributed by atoms with Gasteiger partial charge in [-0.2, -0.15) is 0 Å². The van der Waals surface area contributed by atoms with Gasteiger partial charge in [0.15, 0.2) is 0 Å². The molecule has 0 saturated heterocycles. The topological polar surface area (TPSA) is 25.2 Å².